The van der Waals surface area contributed by atoms with Crippen LogP contribution in [0.4, 0.5) is 11.4 Å². The Hall–Kier alpha value is -2.96. The number of methoxy groups -OCH3 is 1. The average molecular weight is 447 g/mol. The summed E-state index contributed by atoms with van der Waals surface area (Å²) < 4.78 is 11.0. The number of amides is 2. The molecule has 0 atom stereocenters. The van der Waals surface area contributed by atoms with Gasteiger partial charge in [-0.3, -0.25) is 9.59 Å². The molecule has 156 valence electrons. The highest BCUT2D eigenvalue weighted by atomic mass is 35.5. The molecule has 0 saturated carbocycles. The minimum absolute atomic E-state index is 0.109. The zero-order valence-corrected chi connectivity index (χ0v) is 18.1. The summed E-state index contributed by atoms with van der Waals surface area (Å²) in [6.07, 6.45) is 0. The van der Waals surface area contributed by atoms with Gasteiger partial charge >= 0.3 is 0 Å². The van der Waals surface area contributed by atoms with Gasteiger partial charge in [0.25, 0.3) is 5.91 Å². The zero-order valence-electron chi connectivity index (χ0n) is 16.6. The Labute approximate surface area is 184 Å². The molecule has 0 saturated heterocycles. The van der Waals surface area contributed by atoms with Crippen LogP contribution in [0.1, 0.15) is 24.4 Å². The zero-order chi connectivity index (χ0) is 21.8. The molecule has 3 aromatic rings. The molecule has 3 rings (SSSR count). The van der Waals surface area contributed by atoms with E-state index in [1.165, 1.54) is 7.11 Å². The van der Waals surface area contributed by atoms with E-state index in [1.54, 1.807) is 62.4 Å². The average Bonchev–Trinajstić information content (AvgIpc) is 3.21. The quantitative estimate of drug-likeness (QED) is 0.478. The molecule has 0 fully saturated rings. The lowest BCUT2D eigenvalue weighted by Crippen LogP contribution is -2.18. The summed E-state index contributed by atoms with van der Waals surface area (Å²) in [5, 5.41) is 6.28. The van der Waals surface area contributed by atoms with Crippen LogP contribution in [-0.2, 0) is 4.79 Å². The van der Waals surface area contributed by atoms with Crippen molar-refractivity contribution in [2.75, 3.05) is 17.7 Å². The first-order chi connectivity index (χ1) is 14.3. The van der Waals surface area contributed by atoms with E-state index in [0.29, 0.717) is 38.5 Å². The van der Waals surface area contributed by atoms with Crippen LogP contribution < -0.4 is 15.4 Å². The first kappa shape index (κ1) is 21.7. The first-order valence-corrected chi connectivity index (χ1v) is 9.90. The van der Waals surface area contributed by atoms with Gasteiger partial charge < -0.3 is 19.8 Å². The van der Waals surface area contributed by atoms with Crippen molar-refractivity contribution in [3.8, 4) is 17.1 Å². The number of furan rings is 1. The molecule has 2 amide bonds. The van der Waals surface area contributed by atoms with Gasteiger partial charge in [0, 0.05) is 23.2 Å². The maximum Gasteiger partial charge on any atom is 0.291 e. The summed E-state index contributed by atoms with van der Waals surface area (Å²) in [6, 6.07) is 13.3. The Kier molecular flexibility index (Phi) is 6.70. The number of halogens is 2. The standard InChI is InChI=1S/C22H20Cl2N2O4/c1-12(2)21(27)26-16-8-7-13(11-19(16)29-3)25-22(28)18-10-9-17(30-18)14-5-4-6-15(23)20(14)24/h4-12H,1-3H3,(H,25,28)(H,26,27). The summed E-state index contributed by atoms with van der Waals surface area (Å²) in [7, 11) is 1.49. The molecule has 8 heteroatoms. The monoisotopic (exact) mass is 446 g/mol. The van der Waals surface area contributed by atoms with Crippen LogP contribution in [0.2, 0.25) is 10.0 Å². The van der Waals surface area contributed by atoms with Gasteiger partial charge in [0.1, 0.15) is 11.5 Å². The molecule has 0 aliphatic rings. The highest BCUT2D eigenvalue weighted by Crippen LogP contribution is 2.34. The molecule has 0 aliphatic carbocycles. The Morgan fingerprint density at radius 3 is 2.50 bits per heavy atom. The molecule has 0 unspecified atom stereocenters. The lowest BCUT2D eigenvalue weighted by atomic mass is 10.2. The highest BCUT2D eigenvalue weighted by Gasteiger charge is 2.17. The van der Waals surface area contributed by atoms with E-state index in [9.17, 15) is 9.59 Å². The van der Waals surface area contributed by atoms with Gasteiger partial charge in [-0.15, -0.1) is 0 Å². The normalized spacial score (nSPS) is 10.7. The van der Waals surface area contributed by atoms with Crippen molar-refractivity contribution in [1.29, 1.82) is 0 Å². The highest BCUT2D eigenvalue weighted by molar-refractivity contribution is 6.43. The molecular formula is C22H20Cl2N2O4. The van der Waals surface area contributed by atoms with E-state index in [0.717, 1.165) is 0 Å². The Balaban J connectivity index is 1.77. The molecule has 0 aliphatic heterocycles. The largest absolute Gasteiger partial charge is 0.494 e. The van der Waals surface area contributed by atoms with Gasteiger partial charge in [-0.2, -0.15) is 0 Å². The maximum atomic E-state index is 12.6. The number of rotatable bonds is 6. The number of anilines is 2. The third-order valence-corrected chi connectivity index (χ3v) is 5.11. The second kappa shape index (κ2) is 9.24. The van der Waals surface area contributed by atoms with Crippen LogP contribution in [0, 0.1) is 5.92 Å². The number of nitrogens with one attached hydrogen (secondary N) is 2. The van der Waals surface area contributed by atoms with E-state index < -0.39 is 5.91 Å². The molecule has 1 aromatic heterocycles. The minimum atomic E-state index is -0.444. The molecule has 6 nitrogen and oxygen atoms in total. The van der Waals surface area contributed by atoms with Crippen LogP contribution in [0.15, 0.2) is 52.9 Å². The van der Waals surface area contributed by atoms with Crippen LogP contribution in [0.3, 0.4) is 0 Å². The van der Waals surface area contributed by atoms with Gasteiger partial charge in [-0.25, -0.2) is 0 Å². The molecule has 2 N–H and O–H groups in total. The van der Waals surface area contributed by atoms with Crippen molar-refractivity contribution < 1.29 is 18.7 Å². The Bertz CT molecular complexity index is 1090. The predicted molar refractivity (Wildman–Crippen MR) is 119 cm³/mol. The number of carbonyl (C=O) groups is 2. The van der Waals surface area contributed by atoms with Crippen molar-refractivity contribution in [3.63, 3.8) is 0 Å². The van der Waals surface area contributed by atoms with E-state index in [1.807, 2.05) is 0 Å². The van der Waals surface area contributed by atoms with E-state index >= 15 is 0 Å². The van der Waals surface area contributed by atoms with Gasteiger partial charge in [-0.05, 0) is 36.4 Å². The predicted octanol–water partition coefficient (Wildman–Crippen LogP) is 6.11. The van der Waals surface area contributed by atoms with E-state index in [4.69, 9.17) is 32.4 Å². The lowest BCUT2D eigenvalue weighted by Gasteiger charge is -2.13. The third-order valence-electron chi connectivity index (χ3n) is 4.29. The number of hydrogen-bond acceptors (Lipinski definition) is 4. The number of benzene rings is 2. The fourth-order valence-corrected chi connectivity index (χ4v) is 3.03. The van der Waals surface area contributed by atoms with Crippen molar-refractivity contribution in [2.24, 2.45) is 5.92 Å². The number of ether oxygens (including phenoxy) is 1. The first-order valence-electron chi connectivity index (χ1n) is 9.14. The summed E-state index contributed by atoms with van der Waals surface area (Å²) >= 11 is 12.3. The van der Waals surface area contributed by atoms with Crippen molar-refractivity contribution in [3.05, 3.63) is 64.3 Å². The summed E-state index contributed by atoms with van der Waals surface area (Å²) in [5.74, 6) is 0.213. The Morgan fingerprint density at radius 2 is 1.80 bits per heavy atom. The minimum Gasteiger partial charge on any atom is -0.494 e. The van der Waals surface area contributed by atoms with Gasteiger partial charge in [0.2, 0.25) is 5.91 Å². The topological polar surface area (TPSA) is 80.6 Å². The van der Waals surface area contributed by atoms with Crippen LogP contribution in [0.5, 0.6) is 5.75 Å². The second-order valence-electron chi connectivity index (χ2n) is 6.78. The maximum absolute atomic E-state index is 12.6. The van der Waals surface area contributed by atoms with E-state index in [2.05, 4.69) is 10.6 Å². The van der Waals surface area contributed by atoms with Crippen molar-refractivity contribution >= 4 is 46.4 Å². The Morgan fingerprint density at radius 1 is 1.03 bits per heavy atom. The fourth-order valence-electron chi connectivity index (χ4n) is 2.64. The molecule has 0 spiro atoms. The lowest BCUT2D eigenvalue weighted by molar-refractivity contribution is -0.118. The van der Waals surface area contributed by atoms with Crippen molar-refractivity contribution in [1.82, 2.24) is 0 Å². The van der Waals surface area contributed by atoms with Crippen LogP contribution in [-0.4, -0.2) is 18.9 Å². The second-order valence-corrected chi connectivity index (χ2v) is 7.56. The number of carbonyl (C=O) groups excluding carboxylic acids is 2. The molecule has 30 heavy (non-hydrogen) atoms. The summed E-state index contributed by atoms with van der Waals surface area (Å²) in [4.78, 5) is 24.5. The van der Waals surface area contributed by atoms with Gasteiger partial charge in [-0.1, -0.05) is 43.1 Å². The SMILES string of the molecule is COc1cc(NC(=O)c2ccc(-c3cccc(Cl)c3Cl)o2)ccc1NC(=O)C(C)C. The third kappa shape index (κ3) is 4.78. The summed E-state index contributed by atoms with van der Waals surface area (Å²) in [6.45, 7) is 3.59. The molecule has 0 radical (unpaired) electrons. The smallest absolute Gasteiger partial charge is 0.291 e. The van der Waals surface area contributed by atoms with Gasteiger partial charge in [0.15, 0.2) is 5.76 Å². The van der Waals surface area contributed by atoms with Crippen molar-refractivity contribution in [2.45, 2.75) is 13.8 Å². The van der Waals surface area contributed by atoms with Gasteiger partial charge in [0.05, 0.1) is 22.8 Å². The van der Waals surface area contributed by atoms with E-state index in [-0.39, 0.29) is 17.6 Å². The molecule has 1 heterocycles. The molecule has 2 aromatic carbocycles. The van der Waals surface area contributed by atoms with Crippen LogP contribution >= 0.6 is 23.2 Å². The van der Waals surface area contributed by atoms with Crippen LogP contribution in [0.25, 0.3) is 11.3 Å². The number of hydrogen-bond donors (Lipinski definition) is 2. The summed E-state index contributed by atoms with van der Waals surface area (Å²) in [5.41, 5.74) is 1.60. The molecular weight excluding hydrogens is 427 g/mol. The fraction of sp³-hybridized carbons (Fsp3) is 0.182. The molecule has 0 bridgehead atoms.